The van der Waals surface area contributed by atoms with Gasteiger partial charge in [-0.15, -0.1) is 5.10 Å². The molecule has 3 N–H and O–H groups in total. The molecule has 2 heterocycles. The molecule has 8 heteroatoms. The maximum Gasteiger partial charge on any atom is 0.434 e. The first-order valence-corrected chi connectivity index (χ1v) is 8.00. The molecule has 1 atom stereocenters. The summed E-state index contributed by atoms with van der Waals surface area (Å²) in [6.45, 7) is 3.89. The van der Waals surface area contributed by atoms with Crippen LogP contribution in [-0.2, 0) is 0 Å². The van der Waals surface area contributed by atoms with Crippen molar-refractivity contribution in [1.82, 2.24) is 15.5 Å². The molecule has 2 aromatic rings. The van der Waals surface area contributed by atoms with Gasteiger partial charge >= 0.3 is 5.76 Å². The van der Waals surface area contributed by atoms with Crippen molar-refractivity contribution in [3.05, 3.63) is 34.3 Å². The van der Waals surface area contributed by atoms with Crippen LogP contribution in [0.4, 0.5) is 14.5 Å². The molecule has 1 fully saturated rings. The Labute approximate surface area is 137 Å². The molecule has 6 nitrogen and oxygen atoms in total. The molecule has 1 aliphatic heterocycles. The zero-order chi connectivity index (χ0) is 17.1. The Morgan fingerprint density at radius 2 is 2.08 bits per heavy atom. The van der Waals surface area contributed by atoms with Gasteiger partial charge in [-0.05, 0) is 50.9 Å². The first-order valence-electron chi connectivity index (χ1n) is 8.00. The van der Waals surface area contributed by atoms with Crippen LogP contribution in [0, 0.1) is 5.92 Å². The van der Waals surface area contributed by atoms with E-state index in [1.165, 1.54) is 12.1 Å². The Morgan fingerprint density at radius 3 is 2.71 bits per heavy atom. The molecule has 0 aliphatic carbocycles. The van der Waals surface area contributed by atoms with Gasteiger partial charge in [-0.3, -0.25) is 0 Å². The number of aromatic nitrogens is 2. The number of nitrogens with one attached hydrogen (secondary N) is 3. The molecule has 3 rings (SSSR count). The molecule has 0 radical (unpaired) electrons. The predicted octanol–water partition coefficient (Wildman–Crippen LogP) is 2.77. The number of rotatable bonds is 5. The zero-order valence-electron chi connectivity index (χ0n) is 13.3. The summed E-state index contributed by atoms with van der Waals surface area (Å²) >= 11 is 0. The van der Waals surface area contributed by atoms with E-state index in [1.54, 1.807) is 6.07 Å². The Balaban J connectivity index is 1.87. The first kappa shape index (κ1) is 16.6. The minimum Gasteiger partial charge on any atom is -0.388 e. The molecular weight excluding hydrogens is 318 g/mol. The summed E-state index contributed by atoms with van der Waals surface area (Å²) < 4.78 is 31.5. The highest BCUT2D eigenvalue weighted by Gasteiger charge is 2.22. The lowest BCUT2D eigenvalue weighted by Crippen LogP contribution is -2.36. The van der Waals surface area contributed by atoms with Crippen LogP contribution in [0.5, 0.6) is 0 Å². The standard InChI is InChI=1S/C16H20F2N4O2/c1-9(10-4-6-19-7-5-10)20-13-8-11(2-3-12(13)14(17)18)15-21-22-16(23)24-15/h2-3,8-10,14,19-20H,4-7H2,1H3,(H,22,23)/t9-/m0/s1. The van der Waals surface area contributed by atoms with Crippen LogP contribution in [0.25, 0.3) is 11.5 Å². The molecule has 24 heavy (non-hydrogen) atoms. The molecular formula is C16H20F2N4O2. The van der Waals surface area contributed by atoms with E-state index in [1.807, 2.05) is 6.92 Å². The summed E-state index contributed by atoms with van der Waals surface area (Å²) in [6.07, 6.45) is -0.578. The maximum absolute atomic E-state index is 13.3. The van der Waals surface area contributed by atoms with Gasteiger partial charge in [0.2, 0.25) is 5.89 Å². The molecule has 1 aromatic heterocycles. The normalized spacial score (nSPS) is 17.2. The Kier molecular flexibility index (Phi) is 4.94. The van der Waals surface area contributed by atoms with Gasteiger partial charge < -0.3 is 15.1 Å². The molecule has 0 amide bonds. The second kappa shape index (κ2) is 7.12. The third-order valence-electron chi connectivity index (χ3n) is 4.45. The van der Waals surface area contributed by atoms with Crippen LogP contribution in [-0.4, -0.2) is 29.3 Å². The van der Waals surface area contributed by atoms with Gasteiger partial charge in [0, 0.05) is 22.9 Å². The van der Waals surface area contributed by atoms with E-state index in [0.717, 1.165) is 25.9 Å². The van der Waals surface area contributed by atoms with E-state index < -0.39 is 12.2 Å². The van der Waals surface area contributed by atoms with E-state index in [0.29, 0.717) is 17.2 Å². The summed E-state index contributed by atoms with van der Waals surface area (Å²) in [5.74, 6) is -0.178. The van der Waals surface area contributed by atoms with Crippen LogP contribution < -0.4 is 16.4 Å². The number of halogens is 2. The zero-order valence-corrected chi connectivity index (χ0v) is 13.3. The van der Waals surface area contributed by atoms with E-state index in [4.69, 9.17) is 4.42 Å². The Bertz CT molecular complexity index is 738. The average Bonchev–Trinajstić information content (AvgIpc) is 3.02. The van der Waals surface area contributed by atoms with E-state index in [-0.39, 0.29) is 17.5 Å². The van der Waals surface area contributed by atoms with Crippen molar-refractivity contribution >= 4 is 5.69 Å². The van der Waals surface area contributed by atoms with Gasteiger partial charge in [-0.2, -0.15) is 0 Å². The van der Waals surface area contributed by atoms with Gasteiger partial charge in [0.15, 0.2) is 0 Å². The minimum atomic E-state index is -2.59. The quantitative estimate of drug-likeness (QED) is 0.781. The van der Waals surface area contributed by atoms with Gasteiger partial charge in [0.1, 0.15) is 0 Å². The molecule has 0 spiro atoms. The summed E-state index contributed by atoms with van der Waals surface area (Å²) in [5.41, 5.74) is 0.745. The number of alkyl halides is 2. The van der Waals surface area contributed by atoms with Crippen LogP contribution in [0.1, 0.15) is 31.8 Å². The van der Waals surface area contributed by atoms with Crippen molar-refractivity contribution in [3.63, 3.8) is 0 Å². The molecule has 1 aliphatic rings. The van der Waals surface area contributed by atoms with Crippen molar-refractivity contribution in [1.29, 1.82) is 0 Å². The molecule has 1 aromatic carbocycles. The highest BCUT2D eigenvalue weighted by molar-refractivity contribution is 5.65. The fourth-order valence-corrected chi connectivity index (χ4v) is 3.07. The van der Waals surface area contributed by atoms with E-state index >= 15 is 0 Å². The van der Waals surface area contributed by atoms with Gasteiger partial charge in [-0.25, -0.2) is 18.7 Å². The van der Waals surface area contributed by atoms with Gasteiger partial charge in [0.25, 0.3) is 6.43 Å². The highest BCUT2D eigenvalue weighted by Crippen LogP contribution is 2.32. The molecule has 1 saturated heterocycles. The summed E-state index contributed by atoms with van der Waals surface area (Å²) in [7, 11) is 0. The lowest BCUT2D eigenvalue weighted by Gasteiger charge is -2.30. The van der Waals surface area contributed by atoms with Crippen molar-refractivity contribution in [2.24, 2.45) is 5.92 Å². The van der Waals surface area contributed by atoms with Crippen LogP contribution >= 0.6 is 0 Å². The van der Waals surface area contributed by atoms with Crippen molar-refractivity contribution in [2.45, 2.75) is 32.2 Å². The summed E-state index contributed by atoms with van der Waals surface area (Å²) in [5, 5.41) is 12.4. The number of piperidine rings is 1. The first-order chi connectivity index (χ1) is 11.5. The van der Waals surface area contributed by atoms with Crippen LogP contribution in [0.2, 0.25) is 0 Å². The molecule has 0 bridgehead atoms. The summed E-state index contributed by atoms with van der Waals surface area (Å²) in [4.78, 5) is 11.1. The van der Waals surface area contributed by atoms with Crippen LogP contribution in [0.3, 0.4) is 0 Å². The second-order valence-corrected chi connectivity index (χ2v) is 6.04. The lowest BCUT2D eigenvalue weighted by atomic mass is 9.91. The van der Waals surface area contributed by atoms with E-state index in [9.17, 15) is 13.6 Å². The third kappa shape index (κ3) is 3.64. The monoisotopic (exact) mass is 338 g/mol. The highest BCUT2D eigenvalue weighted by atomic mass is 19.3. The predicted molar refractivity (Wildman–Crippen MR) is 86.2 cm³/mol. The molecule has 0 unspecified atom stereocenters. The number of benzene rings is 1. The Hall–Kier alpha value is -2.22. The maximum atomic E-state index is 13.3. The third-order valence-corrected chi connectivity index (χ3v) is 4.45. The van der Waals surface area contributed by atoms with Gasteiger partial charge in [-0.1, -0.05) is 6.07 Å². The van der Waals surface area contributed by atoms with Crippen molar-refractivity contribution < 1.29 is 13.2 Å². The Morgan fingerprint density at radius 1 is 1.33 bits per heavy atom. The number of hydrogen-bond acceptors (Lipinski definition) is 5. The van der Waals surface area contributed by atoms with E-state index in [2.05, 4.69) is 20.8 Å². The average molecular weight is 338 g/mol. The largest absolute Gasteiger partial charge is 0.434 e. The minimum absolute atomic E-state index is 0.0612. The second-order valence-electron chi connectivity index (χ2n) is 6.04. The van der Waals surface area contributed by atoms with Crippen molar-refractivity contribution in [3.8, 4) is 11.5 Å². The molecule has 130 valence electrons. The topological polar surface area (TPSA) is 83.0 Å². The number of hydrogen-bond donors (Lipinski definition) is 3. The number of H-pyrrole nitrogens is 1. The number of anilines is 1. The SMILES string of the molecule is C[C@H](Nc1cc(-c2n[nH]c(=O)o2)ccc1C(F)F)C1CCNCC1. The number of nitrogens with zero attached hydrogens (tertiary/aromatic N) is 1. The fourth-order valence-electron chi connectivity index (χ4n) is 3.07. The summed E-state index contributed by atoms with van der Waals surface area (Å²) in [6, 6.07) is 4.43. The lowest BCUT2D eigenvalue weighted by molar-refractivity contribution is 0.152. The fraction of sp³-hybridized carbons (Fsp3) is 0.500. The van der Waals surface area contributed by atoms with Gasteiger partial charge in [0.05, 0.1) is 0 Å². The smallest absolute Gasteiger partial charge is 0.388 e. The van der Waals surface area contributed by atoms with Crippen molar-refractivity contribution in [2.75, 3.05) is 18.4 Å². The molecule has 0 saturated carbocycles. The van der Waals surface area contributed by atoms with Crippen LogP contribution in [0.15, 0.2) is 27.4 Å². The number of aromatic amines is 1.